The Balaban J connectivity index is 2.15. The summed E-state index contributed by atoms with van der Waals surface area (Å²) < 4.78 is 5.34. The van der Waals surface area contributed by atoms with Crippen LogP contribution in [-0.4, -0.2) is 23.7 Å². The number of carboxylic acids is 1. The molecule has 1 saturated carbocycles. The van der Waals surface area contributed by atoms with E-state index in [0.29, 0.717) is 11.9 Å². The van der Waals surface area contributed by atoms with E-state index in [1.165, 1.54) is 31.7 Å². The third kappa shape index (κ3) is 2.05. The van der Waals surface area contributed by atoms with Gasteiger partial charge < -0.3 is 14.4 Å². The van der Waals surface area contributed by atoms with Crippen molar-refractivity contribution in [3.05, 3.63) is 17.9 Å². The van der Waals surface area contributed by atoms with Crippen LogP contribution in [0.1, 0.15) is 43.2 Å². The van der Waals surface area contributed by atoms with Gasteiger partial charge in [0.15, 0.2) is 5.88 Å². The van der Waals surface area contributed by atoms with Gasteiger partial charge in [-0.3, -0.25) is 0 Å². The van der Waals surface area contributed by atoms with Crippen LogP contribution in [0.4, 0.5) is 5.88 Å². The molecule has 0 amide bonds. The molecule has 2 rings (SSSR count). The summed E-state index contributed by atoms with van der Waals surface area (Å²) in [5.74, 6) is -0.299. The zero-order valence-electron chi connectivity index (χ0n) is 9.48. The van der Waals surface area contributed by atoms with Crippen molar-refractivity contribution in [2.24, 2.45) is 0 Å². The lowest BCUT2D eigenvalue weighted by atomic mass is 10.2. The van der Waals surface area contributed by atoms with E-state index in [9.17, 15) is 4.79 Å². The Bertz CT molecular complexity index is 366. The van der Waals surface area contributed by atoms with Crippen molar-refractivity contribution in [3.8, 4) is 0 Å². The first-order valence-electron chi connectivity index (χ1n) is 5.82. The van der Waals surface area contributed by atoms with Gasteiger partial charge in [-0.15, -0.1) is 0 Å². The molecule has 1 aromatic heterocycles. The highest BCUT2D eigenvalue weighted by molar-refractivity contribution is 5.84. The molecule has 0 atom stereocenters. The van der Waals surface area contributed by atoms with E-state index < -0.39 is 5.97 Å². The molecule has 16 heavy (non-hydrogen) atoms. The van der Waals surface area contributed by atoms with E-state index in [4.69, 9.17) is 9.52 Å². The van der Waals surface area contributed by atoms with Crippen LogP contribution in [-0.2, 0) is 0 Å². The molecule has 1 aromatic rings. The minimum Gasteiger partial charge on any atom is -0.475 e. The summed E-state index contributed by atoms with van der Waals surface area (Å²) in [5.41, 5.74) is 0. The smallest absolute Gasteiger partial charge is 0.371 e. The summed E-state index contributed by atoms with van der Waals surface area (Å²) in [7, 11) is 0. The normalized spacial score (nSPS) is 16.6. The third-order valence-electron chi connectivity index (χ3n) is 3.19. The van der Waals surface area contributed by atoms with Crippen LogP contribution in [0.2, 0.25) is 0 Å². The fourth-order valence-corrected chi connectivity index (χ4v) is 2.41. The predicted octanol–water partition coefficient (Wildman–Crippen LogP) is 2.75. The number of nitrogens with zero attached hydrogens (tertiary/aromatic N) is 1. The average Bonchev–Trinajstić information content (AvgIpc) is 2.88. The highest BCUT2D eigenvalue weighted by Gasteiger charge is 2.24. The van der Waals surface area contributed by atoms with Gasteiger partial charge in [0.2, 0.25) is 5.76 Å². The predicted molar refractivity (Wildman–Crippen MR) is 60.9 cm³/mol. The van der Waals surface area contributed by atoms with Gasteiger partial charge in [0.1, 0.15) is 0 Å². The van der Waals surface area contributed by atoms with Crippen LogP contribution < -0.4 is 4.90 Å². The number of rotatable bonds is 4. The van der Waals surface area contributed by atoms with E-state index in [0.717, 1.165) is 6.54 Å². The summed E-state index contributed by atoms with van der Waals surface area (Å²) in [5, 5.41) is 8.81. The molecule has 0 aromatic carbocycles. The molecular formula is C12H17NO3. The van der Waals surface area contributed by atoms with E-state index in [-0.39, 0.29) is 5.76 Å². The van der Waals surface area contributed by atoms with Gasteiger partial charge in [-0.1, -0.05) is 12.8 Å². The van der Waals surface area contributed by atoms with Crippen molar-refractivity contribution < 1.29 is 14.3 Å². The largest absolute Gasteiger partial charge is 0.475 e. The molecule has 4 heteroatoms. The number of hydrogen-bond acceptors (Lipinski definition) is 3. The van der Waals surface area contributed by atoms with Gasteiger partial charge in [-0.2, -0.15) is 0 Å². The van der Waals surface area contributed by atoms with Crippen molar-refractivity contribution in [2.75, 3.05) is 11.4 Å². The molecule has 0 aliphatic heterocycles. The Morgan fingerprint density at radius 1 is 1.50 bits per heavy atom. The lowest BCUT2D eigenvalue weighted by Crippen LogP contribution is -2.32. The molecule has 0 unspecified atom stereocenters. The topological polar surface area (TPSA) is 53.7 Å². The van der Waals surface area contributed by atoms with E-state index in [2.05, 4.69) is 11.8 Å². The van der Waals surface area contributed by atoms with Crippen LogP contribution in [0.25, 0.3) is 0 Å². The standard InChI is InChI=1S/C12H17NO3/c1-2-13(9-5-3-4-6-9)11-8-7-10(16-11)12(14)15/h7-9H,2-6H2,1H3,(H,14,15). The Labute approximate surface area is 94.9 Å². The second-order valence-electron chi connectivity index (χ2n) is 4.17. The molecule has 0 bridgehead atoms. The van der Waals surface area contributed by atoms with Crippen LogP contribution >= 0.6 is 0 Å². The van der Waals surface area contributed by atoms with Gasteiger partial charge in [0, 0.05) is 18.7 Å². The van der Waals surface area contributed by atoms with Crippen LogP contribution in [0, 0.1) is 0 Å². The van der Waals surface area contributed by atoms with Gasteiger partial charge in [0.25, 0.3) is 0 Å². The second kappa shape index (κ2) is 4.60. The molecule has 1 fully saturated rings. The molecule has 1 aliphatic carbocycles. The second-order valence-corrected chi connectivity index (χ2v) is 4.17. The number of hydrogen-bond donors (Lipinski definition) is 1. The van der Waals surface area contributed by atoms with Crippen molar-refractivity contribution in [1.29, 1.82) is 0 Å². The summed E-state index contributed by atoms with van der Waals surface area (Å²) in [6.45, 7) is 2.93. The summed E-state index contributed by atoms with van der Waals surface area (Å²) in [6, 6.07) is 3.79. The number of carbonyl (C=O) groups is 1. The SMILES string of the molecule is CCN(c1ccc(C(=O)O)o1)C1CCCC1. The number of furan rings is 1. The van der Waals surface area contributed by atoms with Crippen LogP contribution in [0.15, 0.2) is 16.5 Å². The molecule has 1 N–H and O–H groups in total. The van der Waals surface area contributed by atoms with Gasteiger partial charge >= 0.3 is 5.97 Å². The van der Waals surface area contributed by atoms with Crippen molar-refractivity contribution in [2.45, 2.75) is 38.6 Å². The molecule has 0 radical (unpaired) electrons. The maximum absolute atomic E-state index is 10.7. The molecule has 88 valence electrons. The average molecular weight is 223 g/mol. The minimum atomic E-state index is -1.01. The fraction of sp³-hybridized carbons (Fsp3) is 0.583. The van der Waals surface area contributed by atoms with Gasteiger partial charge in [0.05, 0.1) is 0 Å². The monoisotopic (exact) mass is 223 g/mol. The summed E-state index contributed by atoms with van der Waals surface area (Å²) in [6.07, 6.45) is 4.87. The number of anilines is 1. The Hall–Kier alpha value is -1.45. The molecule has 1 aliphatic rings. The van der Waals surface area contributed by atoms with E-state index >= 15 is 0 Å². The van der Waals surface area contributed by atoms with Crippen molar-refractivity contribution in [3.63, 3.8) is 0 Å². The van der Waals surface area contributed by atoms with Crippen molar-refractivity contribution in [1.82, 2.24) is 0 Å². The zero-order valence-corrected chi connectivity index (χ0v) is 9.48. The molecule has 0 spiro atoms. The van der Waals surface area contributed by atoms with E-state index in [1.54, 1.807) is 6.07 Å². The maximum atomic E-state index is 10.7. The van der Waals surface area contributed by atoms with Crippen molar-refractivity contribution >= 4 is 11.9 Å². The molecular weight excluding hydrogens is 206 g/mol. The Morgan fingerprint density at radius 2 is 2.19 bits per heavy atom. The number of carboxylic acid groups (broad SMARTS) is 1. The first kappa shape index (κ1) is 11.0. The van der Waals surface area contributed by atoms with Crippen LogP contribution in [0.3, 0.4) is 0 Å². The highest BCUT2D eigenvalue weighted by Crippen LogP contribution is 2.29. The first-order chi connectivity index (χ1) is 7.72. The maximum Gasteiger partial charge on any atom is 0.371 e. The zero-order chi connectivity index (χ0) is 11.5. The van der Waals surface area contributed by atoms with Gasteiger partial charge in [-0.25, -0.2) is 4.79 Å². The molecule has 0 saturated heterocycles. The highest BCUT2D eigenvalue weighted by atomic mass is 16.4. The number of aromatic carboxylic acids is 1. The lowest BCUT2D eigenvalue weighted by molar-refractivity contribution is 0.0663. The van der Waals surface area contributed by atoms with Crippen LogP contribution in [0.5, 0.6) is 0 Å². The lowest BCUT2D eigenvalue weighted by Gasteiger charge is -2.26. The summed E-state index contributed by atoms with van der Waals surface area (Å²) in [4.78, 5) is 12.9. The quantitative estimate of drug-likeness (QED) is 0.852. The molecule has 4 nitrogen and oxygen atoms in total. The Kier molecular flexibility index (Phi) is 3.17. The Morgan fingerprint density at radius 3 is 2.69 bits per heavy atom. The first-order valence-corrected chi connectivity index (χ1v) is 5.82. The fourth-order valence-electron chi connectivity index (χ4n) is 2.41. The molecule has 1 heterocycles. The summed E-state index contributed by atoms with van der Waals surface area (Å²) >= 11 is 0. The van der Waals surface area contributed by atoms with Gasteiger partial charge in [-0.05, 0) is 25.8 Å². The van der Waals surface area contributed by atoms with E-state index in [1.807, 2.05) is 0 Å². The minimum absolute atomic E-state index is 0.0199. The third-order valence-corrected chi connectivity index (χ3v) is 3.19.